The summed E-state index contributed by atoms with van der Waals surface area (Å²) in [6, 6.07) is 0. The molecule has 0 radical (unpaired) electrons. The molecule has 1 saturated heterocycles. The number of rotatable bonds is 7. The van der Waals surface area contributed by atoms with Crippen LogP contribution in [0.25, 0.3) is 0 Å². The first-order valence-electron chi connectivity index (χ1n) is 7.93. The maximum atomic E-state index is 11.5. The van der Waals surface area contributed by atoms with Crippen LogP contribution in [0, 0.1) is 17.3 Å². The Balaban J connectivity index is 2.11. The summed E-state index contributed by atoms with van der Waals surface area (Å²) in [6.07, 6.45) is 10.4. The van der Waals surface area contributed by atoms with Crippen LogP contribution < -0.4 is 5.14 Å². The lowest BCUT2D eigenvalue weighted by Crippen LogP contribution is -2.47. The van der Waals surface area contributed by atoms with E-state index in [1.807, 2.05) is 13.0 Å². The van der Waals surface area contributed by atoms with Crippen molar-refractivity contribution < 1.29 is 8.95 Å². The largest absolute Gasteiger partial charge is 0.381 e. The summed E-state index contributed by atoms with van der Waals surface area (Å²) >= 11 is 0. The molecule has 0 amide bonds. The normalized spacial score (nSPS) is 27.3. The minimum Gasteiger partial charge on any atom is -0.381 e. The molecule has 3 nitrogen and oxygen atoms in total. The lowest BCUT2D eigenvalue weighted by atomic mass is 9.51. The maximum absolute atomic E-state index is 11.5. The molecule has 2 rings (SSSR count). The summed E-state index contributed by atoms with van der Waals surface area (Å²) in [5.41, 5.74) is 0.436. The highest BCUT2D eigenvalue weighted by atomic mass is 32.2. The first kappa shape index (κ1) is 16.2. The van der Waals surface area contributed by atoms with Gasteiger partial charge in [-0.2, -0.15) is 0 Å². The molecule has 116 valence electrons. The van der Waals surface area contributed by atoms with Gasteiger partial charge in [-0.3, -0.25) is 5.14 Å². The molecule has 2 N–H and O–H groups in total. The van der Waals surface area contributed by atoms with E-state index in [-0.39, 0.29) is 5.25 Å². The van der Waals surface area contributed by atoms with Gasteiger partial charge in [0.15, 0.2) is 0 Å². The first-order chi connectivity index (χ1) is 9.60. The van der Waals surface area contributed by atoms with Crippen LogP contribution in [0.3, 0.4) is 0 Å². The van der Waals surface area contributed by atoms with Gasteiger partial charge in [0.2, 0.25) is 0 Å². The Morgan fingerprint density at radius 1 is 1.45 bits per heavy atom. The van der Waals surface area contributed by atoms with Crippen molar-refractivity contribution in [2.45, 2.75) is 57.1 Å². The number of allylic oxidation sites excluding steroid dienone is 1. The van der Waals surface area contributed by atoms with Gasteiger partial charge in [-0.05, 0) is 62.7 Å². The van der Waals surface area contributed by atoms with Crippen LogP contribution in [0.1, 0.15) is 51.9 Å². The molecule has 2 aliphatic rings. The summed E-state index contributed by atoms with van der Waals surface area (Å²) in [5, 5.41) is 5.67. The predicted molar refractivity (Wildman–Crippen MR) is 84.5 cm³/mol. The standard InChI is InChI=1S/C16H29NO2S/c1-3-5-15(12-13(2)20(17)18)16(8-4-9-16)14-6-10-19-11-7-14/h3,13-15H,1,4-12,17H2,2H3/t13?,15-,20?/m1/s1. The van der Waals surface area contributed by atoms with Crippen molar-refractivity contribution in [3.8, 4) is 0 Å². The lowest BCUT2D eigenvalue weighted by molar-refractivity contribution is -0.0708. The third-order valence-electron chi connectivity index (χ3n) is 5.60. The Kier molecular flexibility index (Phi) is 5.82. The van der Waals surface area contributed by atoms with Crippen LogP contribution in [-0.2, 0) is 15.7 Å². The van der Waals surface area contributed by atoms with E-state index in [2.05, 4.69) is 6.58 Å². The highest BCUT2D eigenvalue weighted by Gasteiger charge is 2.49. The Hall–Kier alpha value is -0.190. The van der Waals surface area contributed by atoms with E-state index in [0.29, 0.717) is 11.3 Å². The first-order valence-corrected chi connectivity index (χ1v) is 9.21. The van der Waals surface area contributed by atoms with E-state index in [1.54, 1.807) is 0 Å². The molecule has 2 fully saturated rings. The van der Waals surface area contributed by atoms with E-state index in [0.717, 1.165) is 32.0 Å². The molecule has 0 aromatic rings. The summed E-state index contributed by atoms with van der Waals surface area (Å²) in [5.74, 6) is 1.35. The minimum atomic E-state index is -1.21. The second-order valence-corrected chi connectivity index (χ2v) is 8.03. The van der Waals surface area contributed by atoms with Gasteiger partial charge in [0.25, 0.3) is 0 Å². The lowest BCUT2D eigenvalue weighted by Gasteiger charge is -2.54. The van der Waals surface area contributed by atoms with E-state index in [9.17, 15) is 4.21 Å². The highest BCUT2D eigenvalue weighted by Crippen LogP contribution is 2.57. The van der Waals surface area contributed by atoms with Crippen LogP contribution in [0.2, 0.25) is 0 Å². The Morgan fingerprint density at radius 3 is 2.55 bits per heavy atom. The van der Waals surface area contributed by atoms with Gasteiger partial charge in [-0.15, -0.1) is 6.58 Å². The number of hydrogen-bond donors (Lipinski definition) is 1. The Bertz CT molecular complexity index is 348. The van der Waals surface area contributed by atoms with Gasteiger partial charge in [-0.1, -0.05) is 12.5 Å². The summed E-state index contributed by atoms with van der Waals surface area (Å²) in [6.45, 7) is 7.77. The molecule has 4 heteroatoms. The molecule has 20 heavy (non-hydrogen) atoms. The van der Waals surface area contributed by atoms with Crippen molar-refractivity contribution >= 4 is 11.0 Å². The van der Waals surface area contributed by atoms with Crippen molar-refractivity contribution in [2.24, 2.45) is 22.4 Å². The fraction of sp³-hybridized carbons (Fsp3) is 0.875. The third-order valence-corrected chi connectivity index (χ3v) is 6.58. The van der Waals surface area contributed by atoms with Crippen molar-refractivity contribution in [2.75, 3.05) is 13.2 Å². The zero-order valence-electron chi connectivity index (χ0n) is 12.7. The quantitative estimate of drug-likeness (QED) is 0.734. The van der Waals surface area contributed by atoms with E-state index in [1.165, 1.54) is 32.1 Å². The average Bonchev–Trinajstić information content (AvgIpc) is 2.38. The molecule has 0 aromatic heterocycles. The molecule has 0 aromatic carbocycles. The monoisotopic (exact) mass is 299 g/mol. The number of ether oxygens (including phenoxy) is 1. The van der Waals surface area contributed by atoms with Gasteiger partial charge >= 0.3 is 0 Å². The fourth-order valence-corrected chi connectivity index (χ4v) is 4.69. The van der Waals surface area contributed by atoms with Crippen LogP contribution >= 0.6 is 0 Å². The Labute approximate surface area is 125 Å². The van der Waals surface area contributed by atoms with E-state index >= 15 is 0 Å². The maximum Gasteiger partial charge on any atom is 0.0916 e. The summed E-state index contributed by atoms with van der Waals surface area (Å²) < 4.78 is 17.1. The molecular formula is C16H29NO2S. The molecule has 1 aliphatic heterocycles. The zero-order chi connectivity index (χ0) is 14.6. The molecule has 0 bridgehead atoms. The molecular weight excluding hydrogens is 270 g/mol. The highest BCUT2D eigenvalue weighted by molar-refractivity contribution is 7.83. The van der Waals surface area contributed by atoms with Crippen LogP contribution in [0.15, 0.2) is 12.7 Å². The van der Waals surface area contributed by atoms with Crippen molar-refractivity contribution in [3.05, 3.63) is 12.7 Å². The minimum absolute atomic E-state index is 0.0808. The molecule has 1 saturated carbocycles. The zero-order valence-corrected chi connectivity index (χ0v) is 13.5. The van der Waals surface area contributed by atoms with Gasteiger partial charge in [0, 0.05) is 18.5 Å². The summed E-state index contributed by atoms with van der Waals surface area (Å²) in [4.78, 5) is 0. The van der Waals surface area contributed by atoms with Crippen LogP contribution in [0.5, 0.6) is 0 Å². The van der Waals surface area contributed by atoms with Crippen molar-refractivity contribution in [3.63, 3.8) is 0 Å². The van der Waals surface area contributed by atoms with Gasteiger partial charge in [0.1, 0.15) is 0 Å². The van der Waals surface area contributed by atoms with Gasteiger partial charge in [0.05, 0.1) is 11.0 Å². The topological polar surface area (TPSA) is 52.3 Å². The third kappa shape index (κ3) is 3.34. The SMILES string of the molecule is C=CC[C@H](CC(C)S(N)=O)C1(C2CCOCC2)CCC1. The second kappa shape index (κ2) is 7.19. The molecule has 1 heterocycles. The average molecular weight is 299 g/mol. The van der Waals surface area contributed by atoms with Crippen LogP contribution in [-0.4, -0.2) is 22.7 Å². The molecule has 0 spiro atoms. The predicted octanol–water partition coefficient (Wildman–Crippen LogP) is 3.18. The summed E-state index contributed by atoms with van der Waals surface area (Å²) in [7, 11) is -1.21. The van der Waals surface area contributed by atoms with E-state index in [4.69, 9.17) is 9.88 Å². The molecule has 2 unspecified atom stereocenters. The molecule has 3 atom stereocenters. The van der Waals surface area contributed by atoms with Gasteiger partial charge in [-0.25, -0.2) is 4.21 Å². The fourth-order valence-electron chi connectivity index (χ4n) is 4.27. The Morgan fingerprint density at radius 2 is 2.10 bits per heavy atom. The molecule has 1 aliphatic carbocycles. The van der Waals surface area contributed by atoms with Crippen LogP contribution in [0.4, 0.5) is 0 Å². The number of hydrogen-bond acceptors (Lipinski definition) is 2. The van der Waals surface area contributed by atoms with Gasteiger partial charge < -0.3 is 4.74 Å². The smallest absolute Gasteiger partial charge is 0.0916 e. The van der Waals surface area contributed by atoms with Crippen molar-refractivity contribution in [1.29, 1.82) is 0 Å². The van der Waals surface area contributed by atoms with E-state index < -0.39 is 11.0 Å². The van der Waals surface area contributed by atoms with Crippen molar-refractivity contribution in [1.82, 2.24) is 0 Å². The second-order valence-electron chi connectivity index (χ2n) is 6.57. The number of nitrogens with two attached hydrogens (primary N) is 1.